The van der Waals surface area contributed by atoms with Crippen molar-refractivity contribution in [2.45, 2.75) is 65.8 Å². The molecule has 15 heavy (non-hydrogen) atoms. The van der Waals surface area contributed by atoms with Crippen LogP contribution in [0.2, 0.25) is 0 Å². The largest absolute Gasteiger partial charge is 0.298 e. The predicted molar refractivity (Wildman–Crippen MR) is 68.1 cm³/mol. The maximum atomic E-state index is 2.68. The molecule has 90 valence electrons. The molecule has 0 spiro atoms. The van der Waals surface area contributed by atoms with Gasteiger partial charge in [0.15, 0.2) is 0 Å². The van der Waals surface area contributed by atoms with Gasteiger partial charge in [0.2, 0.25) is 0 Å². The molecule has 0 N–H and O–H groups in total. The number of rotatable bonds is 3. The summed E-state index contributed by atoms with van der Waals surface area (Å²) in [7, 11) is 0. The maximum Gasteiger partial charge on any atom is 0.0125 e. The lowest BCUT2D eigenvalue weighted by Crippen LogP contribution is -2.49. The van der Waals surface area contributed by atoms with Crippen molar-refractivity contribution >= 4 is 0 Å². The van der Waals surface area contributed by atoms with E-state index >= 15 is 0 Å². The first kappa shape index (κ1) is 13.0. The minimum absolute atomic E-state index is 0.360. The molecule has 0 aliphatic carbocycles. The van der Waals surface area contributed by atoms with Crippen molar-refractivity contribution in [1.82, 2.24) is 4.90 Å². The van der Waals surface area contributed by atoms with Crippen molar-refractivity contribution in [3.8, 4) is 0 Å². The van der Waals surface area contributed by atoms with E-state index in [1.807, 2.05) is 0 Å². The number of hydrogen-bond donors (Lipinski definition) is 0. The fraction of sp³-hybridized carbons (Fsp3) is 1.00. The molecule has 1 rings (SSSR count). The van der Waals surface area contributed by atoms with E-state index in [0.29, 0.717) is 5.54 Å². The quantitative estimate of drug-likeness (QED) is 0.683. The molecule has 2 unspecified atom stereocenters. The van der Waals surface area contributed by atoms with Crippen molar-refractivity contribution in [1.29, 1.82) is 0 Å². The number of nitrogens with zero attached hydrogens (tertiary/aromatic N) is 1. The Balaban J connectivity index is 2.48. The first-order chi connectivity index (χ1) is 6.93. The minimum atomic E-state index is 0.360. The molecule has 1 heteroatoms. The zero-order chi connectivity index (χ0) is 11.5. The van der Waals surface area contributed by atoms with Crippen LogP contribution in [-0.4, -0.2) is 23.5 Å². The highest BCUT2D eigenvalue weighted by Gasteiger charge is 2.30. The molecule has 0 aromatic rings. The molecule has 1 saturated heterocycles. The SMILES string of the molecule is CCCCC1CC(C)CN(C(C)(C)C)C1. The number of likely N-dealkylation sites (tertiary alicyclic amines) is 1. The molecule has 0 amide bonds. The summed E-state index contributed by atoms with van der Waals surface area (Å²) >= 11 is 0. The Morgan fingerprint density at radius 1 is 1.20 bits per heavy atom. The van der Waals surface area contributed by atoms with Crippen LogP contribution in [0.25, 0.3) is 0 Å². The zero-order valence-electron chi connectivity index (χ0n) is 11.3. The van der Waals surface area contributed by atoms with Crippen LogP contribution in [0.5, 0.6) is 0 Å². The van der Waals surface area contributed by atoms with Crippen LogP contribution in [-0.2, 0) is 0 Å². The summed E-state index contributed by atoms with van der Waals surface area (Å²) in [4.78, 5) is 2.68. The van der Waals surface area contributed by atoms with Crippen LogP contribution in [0.4, 0.5) is 0 Å². The zero-order valence-corrected chi connectivity index (χ0v) is 11.3. The average Bonchev–Trinajstić information content (AvgIpc) is 2.12. The highest BCUT2D eigenvalue weighted by atomic mass is 15.2. The molecule has 1 aliphatic heterocycles. The van der Waals surface area contributed by atoms with Gasteiger partial charge in [-0.15, -0.1) is 0 Å². The predicted octanol–water partition coefficient (Wildman–Crippen LogP) is 3.93. The molecule has 2 atom stereocenters. The third-order valence-corrected chi connectivity index (χ3v) is 3.66. The summed E-state index contributed by atoms with van der Waals surface area (Å²) in [5, 5.41) is 0. The standard InChI is InChI=1S/C14H29N/c1-6-7-8-13-9-12(2)10-15(11-13)14(3,4)5/h12-13H,6-11H2,1-5H3. The van der Waals surface area contributed by atoms with E-state index in [1.165, 1.54) is 38.8 Å². The molecule has 0 radical (unpaired) electrons. The smallest absolute Gasteiger partial charge is 0.0125 e. The van der Waals surface area contributed by atoms with Gasteiger partial charge in [0, 0.05) is 18.6 Å². The first-order valence-electron chi connectivity index (χ1n) is 6.68. The van der Waals surface area contributed by atoms with Gasteiger partial charge in [0.05, 0.1) is 0 Å². The highest BCUT2D eigenvalue weighted by molar-refractivity contribution is 4.84. The summed E-state index contributed by atoms with van der Waals surface area (Å²) in [5.41, 5.74) is 0.360. The van der Waals surface area contributed by atoms with Gasteiger partial charge in [0.25, 0.3) is 0 Å². The Morgan fingerprint density at radius 2 is 1.87 bits per heavy atom. The molecule has 0 aromatic carbocycles. The number of piperidine rings is 1. The molecule has 1 aliphatic rings. The van der Waals surface area contributed by atoms with Crippen molar-refractivity contribution in [3.05, 3.63) is 0 Å². The second-order valence-electron chi connectivity index (χ2n) is 6.42. The third-order valence-electron chi connectivity index (χ3n) is 3.66. The second-order valence-corrected chi connectivity index (χ2v) is 6.42. The number of hydrogen-bond acceptors (Lipinski definition) is 1. The number of unbranched alkanes of at least 4 members (excludes halogenated alkanes) is 1. The van der Waals surface area contributed by atoms with Crippen molar-refractivity contribution in [3.63, 3.8) is 0 Å². The van der Waals surface area contributed by atoms with Crippen LogP contribution in [0.3, 0.4) is 0 Å². The summed E-state index contributed by atoms with van der Waals surface area (Å²) in [5.74, 6) is 1.84. The maximum absolute atomic E-state index is 2.68. The second kappa shape index (κ2) is 5.34. The lowest BCUT2D eigenvalue weighted by Gasteiger charge is -2.44. The van der Waals surface area contributed by atoms with Crippen LogP contribution < -0.4 is 0 Å². The van der Waals surface area contributed by atoms with Crippen molar-refractivity contribution < 1.29 is 0 Å². The lowest BCUT2D eigenvalue weighted by molar-refractivity contribution is 0.0484. The van der Waals surface area contributed by atoms with Crippen LogP contribution >= 0.6 is 0 Å². The third kappa shape index (κ3) is 4.14. The molecular weight excluding hydrogens is 182 g/mol. The van der Waals surface area contributed by atoms with E-state index in [4.69, 9.17) is 0 Å². The van der Waals surface area contributed by atoms with Crippen LogP contribution in [0.15, 0.2) is 0 Å². The fourth-order valence-electron chi connectivity index (χ4n) is 2.73. The van der Waals surface area contributed by atoms with E-state index in [-0.39, 0.29) is 0 Å². The van der Waals surface area contributed by atoms with Crippen LogP contribution in [0, 0.1) is 11.8 Å². The summed E-state index contributed by atoms with van der Waals surface area (Å²) < 4.78 is 0. The van der Waals surface area contributed by atoms with Gasteiger partial charge >= 0.3 is 0 Å². The van der Waals surface area contributed by atoms with Crippen LogP contribution in [0.1, 0.15) is 60.3 Å². The Morgan fingerprint density at radius 3 is 2.40 bits per heavy atom. The van der Waals surface area contributed by atoms with E-state index < -0.39 is 0 Å². The molecule has 0 bridgehead atoms. The molecule has 1 heterocycles. The summed E-state index contributed by atoms with van der Waals surface area (Å²) in [6, 6.07) is 0. The van der Waals surface area contributed by atoms with Crippen molar-refractivity contribution in [2.24, 2.45) is 11.8 Å². The van der Waals surface area contributed by atoms with Gasteiger partial charge in [-0.3, -0.25) is 4.90 Å². The minimum Gasteiger partial charge on any atom is -0.298 e. The van der Waals surface area contributed by atoms with E-state index in [2.05, 4.69) is 39.5 Å². The first-order valence-corrected chi connectivity index (χ1v) is 6.68. The molecule has 1 fully saturated rings. The normalized spacial score (nSPS) is 29.4. The Kier molecular flexibility index (Phi) is 4.64. The molecule has 1 nitrogen and oxygen atoms in total. The van der Waals surface area contributed by atoms with Gasteiger partial charge in [-0.1, -0.05) is 26.7 Å². The fourth-order valence-corrected chi connectivity index (χ4v) is 2.73. The molecular formula is C14H29N. The molecule has 0 aromatic heterocycles. The average molecular weight is 211 g/mol. The van der Waals surface area contributed by atoms with Gasteiger partial charge in [0.1, 0.15) is 0 Å². The van der Waals surface area contributed by atoms with E-state index in [9.17, 15) is 0 Å². The molecule has 0 saturated carbocycles. The van der Waals surface area contributed by atoms with Gasteiger partial charge in [-0.2, -0.15) is 0 Å². The lowest BCUT2D eigenvalue weighted by atomic mass is 9.85. The van der Waals surface area contributed by atoms with E-state index in [1.54, 1.807) is 0 Å². The Bertz CT molecular complexity index is 180. The van der Waals surface area contributed by atoms with Gasteiger partial charge < -0.3 is 0 Å². The monoisotopic (exact) mass is 211 g/mol. The van der Waals surface area contributed by atoms with Gasteiger partial charge in [-0.25, -0.2) is 0 Å². The topological polar surface area (TPSA) is 3.24 Å². The Hall–Kier alpha value is -0.0400. The van der Waals surface area contributed by atoms with Gasteiger partial charge in [-0.05, 0) is 45.4 Å². The summed E-state index contributed by atoms with van der Waals surface area (Å²) in [6.07, 6.45) is 5.65. The van der Waals surface area contributed by atoms with Crippen molar-refractivity contribution in [2.75, 3.05) is 13.1 Å². The highest BCUT2D eigenvalue weighted by Crippen LogP contribution is 2.29. The summed E-state index contributed by atoms with van der Waals surface area (Å²) in [6.45, 7) is 14.4. The Labute approximate surface area is 96.2 Å². The van der Waals surface area contributed by atoms with E-state index in [0.717, 1.165) is 11.8 Å².